The number of halogens is 1. The van der Waals surface area contributed by atoms with E-state index in [0.717, 1.165) is 32.4 Å². The van der Waals surface area contributed by atoms with Gasteiger partial charge in [-0.05, 0) is 55.3 Å². The van der Waals surface area contributed by atoms with Gasteiger partial charge < -0.3 is 10.1 Å². The maximum absolute atomic E-state index is 12.8. The number of carbonyl (C=O) groups excluding carboxylic acids is 1. The van der Waals surface area contributed by atoms with Crippen LogP contribution in [-0.2, 0) is 18.1 Å². The lowest BCUT2D eigenvalue weighted by molar-refractivity contribution is -0.116. The van der Waals surface area contributed by atoms with Crippen molar-refractivity contribution in [2.24, 2.45) is 0 Å². The van der Waals surface area contributed by atoms with E-state index in [9.17, 15) is 4.79 Å². The van der Waals surface area contributed by atoms with Crippen molar-refractivity contribution in [3.05, 3.63) is 88.9 Å². The smallest absolute Gasteiger partial charge is 0.246 e. The molecule has 0 spiro atoms. The van der Waals surface area contributed by atoms with Gasteiger partial charge in [-0.2, -0.15) is 10.2 Å². The van der Waals surface area contributed by atoms with E-state index in [-0.39, 0.29) is 19.2 Å². The van der Waals surface area contributed by atoms with Crippen LogP contribution in [0.1, 0.15) is 11.3 Å². The number of fused-ring (bicyclic) bond motifs is 1. The van der Waals surface area contributed by atoms with E-state index in [1.165, 1.54) is 5.56 Å². The van der Waals surface area contributed by atoms with E-state index in [4.69, 9.17) is 4.74 Å². The van der Waals surface area contributed by atoms with Crippen LogP contribution >= 0.6 is 15.9 Å². The summed E-state index contributed by atoms with van der Waals surface area (Å²) in [5.41, 5.74) is 5.42. The maximum Gasteiger partial charge on any atom is 0.246 e. The summed E-state index contributed by atoms with van der Waals surface area (Å²) in [6, 6.07) is 17.8. The van der Waals surface area contributed by atoms with E-state index in [2.05, 4.69) is 61.6 Å². The fraction of sp³-hybridized carbons (Fsp3) is 0.154. The van der Waals surface area contributed by atoms with Crippen molar-refractivity contribution in [1.29, 1.82) is 0 Å². The van der Waals surface area contributed by atoms with Gasteiger partial charge in [-0.1, -0.05) is 45.8 Å². The van der Waals surface area contributed by atoms with E-state index < -0.39 is 0 Å². The first-order valence-electron chi connectivity index (χ1n) is 11.1. The molecule has 35 heavy (non-hydrogen) atoms. The third-order valence-electron chi connectivity index (χ3n) is 5.52. The van der Waals surface area contributed by atoms with Gasteiger partial charge in [0.1, 0.15) is 12.3 Å². The van der Waals surface area contributed by atoms with Crippen molar-refractivity contribution < 1.29 is 9.53 Å². The Hall–Kier alpha value is -3.98. The summed E-state index contributed by atoms with van der Waals surface area (Å²) in [7, 11) is 0. The van der Waals surface area contributed by atoms with Gasteiger partial charge in [0.2, 0.25) is 5.91 Å². The van der Waals surface area contributed by atoms with Crippen molar-refractivity contribution in [2.75, 3.05) is 5.32 Å². The number of nitrogens with one attached hydrogen (secondary N) is 1. The van der Waals surface area contributed by atoms with Gasteiger partial charge >= 0.3 is 0 Å². The second kappa shape index (κ2) is 9.71. The molecule has 0 bridgehead atoms. The SMILES string of the molecule is Cc1cccc(-c2ccnc3c2c(C)nn3CC(=O)Nc2cnn(COc3ccc(Br)cc3)c2)c1. The minimum absolute atomic E-state index is 0.0369. The predicted octanol–water partition coefficient (Wildman–Crippen LogP) is 5.35. The van der Waals surface area contributed by atoms with Crippen LogP contribution in [0.2, 0.25) is 0 Å². The molecule has 5 aromatic rings. The molecule has 0 aliphatic carbocycles. The van der Waals surface area contributed by atoms with E-state index in [1.807, 2.05) is 43.3 Å². The van der Waals surface area contributed by atoms with Gasteiger partial charge in [0.05, 0.1) is 23.8 Å². The number of benzene rings is 2. The Kier molecular flexibility index (Phi) is 6.33. The monoisotopic (exact) mass is 530 g/mol. The third kappa shape index (κ3) is 5.09. The molecule has 1 N–H and O–H groups in total. The summed E-state index contributed by atoms with van der Waals surface area (Å²) in [4.78, 5) is 17.3. The number of carbonyl (C=O) groups is 1. The molecule has 8 nitrogen and oxygen atoms in total. The molecule has 0 aliphatic rings. The highest BCUT2D eigenvalue weighted by molar-refractivity contribution is 9.10. The summed E-state index contributed by atoms with van der Waals surface area (Å²) in [5, 5.41) is 12.7. The molecular formula is C26H23BrN6O2. The predicted molar refractivity (Wildman–Crippen MR) is 138 cm³/mol. The molecule has 3 heterocycles. The van der Waals surface area contributed by atoms with Gasteiger partial charge in [0, 0.05) is 16.1 Å². The number of amides is 1. The molecule has 5 rings (SSSR count). The highest BCUT2D eigenvalue weighted by Crippen LogP contribution is 2.30. The molecular weight excluding hydrogens is 508 g/mol. The van der Waals surface area contributed by atoms with Crippen LogP contribution in [0.5, 0.6) is 5.75 Å². The summed E-state index contributed by atoms with van der Waals surface area (Å²) in [5.74, 6) is 0.512. The Labute approximate surface area is 210 Å². The van der Waals surface area contributed by atoms with E-state index in [0.29, 0.717) is 11.3 Å². The second-order valence-electron chi connectivity index (χ2n) is 8.21. The number of nitrogens with zero attached hydrogens (tertiary/aromatic N) is 5. The molecule has 3 aromatic heterocycles. The minimum atomic E-state index is -0.217. The fourth-order valence-corrected chi connectivity index (χ4v) is 4.22. The third-order valence-corrected chi connectivity index (χ3v) is 6.05. The Balaban J connectivity index is 1.28. The zero-order valence-electron chi connectivity index (χ0n) is 19.3. The average Bonchev–Trinajstić information content (AvgIpc) is 3.42. The normalized spacial score (nSPS) is 11.1. The number of aromatic nitrogens is 5. The van der Waals surface area contributed by atoms with Crippen molar-refractivity contribution in [3.8, 4) is 16.9 Å². The second-order valence-corrected chi connectivity index (χ2v) is 9.13. The largest absolute Gasteiger partial charge is 0.471 e. The fourth-order valence-electron chi connectivity index (χ4n) is 3.95. The Morgan fingerprint density at radius 3 is 2.74 bits per heavy atom. The standard InChI is InChI=1S/C26H23BrN6O2/c1-17-4-3-5-19(12-17)23-10-11-28-26-25(23)18(2)31-33(26)15-24(34)30-21-13-29-32(14-21)16-35-22-8-6-20(27)7-9-22/h3-14H,15-16H2,1-2H3,(H,30,34). The Morgan fingerprint density at radius 2 is 1.94 bits per heavy atom. The molecule has 0 unspecified atom stereocenters. The molecule has 0 radical (unpaired) electrons. The number of pyridine rings is 1. The van der Waals surface area contributed by atoms with Gasteiger partial charge in [0.15, 0.2) is 12.4 Å². The molecule has 0 aliphatic heterocycles. The maximum atomic E-state index is 12.8. The molecule has 176 valence electrons. The van der Waals surface area contributed by atoms with Crippen LogP contribution in [0, 0.1) is 13.8 Å². The zero-order chi connectivity index (χ0) is 24.4. The summed E-state index contributed by atoms with van der Waals surface area (Å²) in [6.07, 6.45) is 5.06. The average molecular weight is 531 g/mol. The Morgan fingerprint density at radius 1 is 1.11 bits per heavy atom. The highest BCUT2D eigenvalue weighted by atomic mass is 79.9. The molecule has 2 aromatic carbocycles. The number of hydrogen-bond acceptors (Lipinski definition) is 5. The summed E-state index contributed by atoms with van der Waals surface area (Å²) in [6.45, 7) is 4.27. The van der Waals surface area contributed by atoms with Gasteiger partial charge in [0.25, 0.3) is 0 Å². The summed E-state index contributed by atoms with van der Waals surface area (Å²) < 4.78 is 9.94. The lowest BCUT2D eigenvalue weighted by atomic mass is 10.0. The van der Waals surface area contributed by atoms with Crippen molar-refractivity contribution in [3.63, 3.8) is 0 Å². The van der Waals surface area contributed by atoms with Crippen LogP contribution < -0.4 is 10.1 Å². The molecule has 0 saturated carbocycles. The number of anilines is 1. The first-order chi connectivity index (χ1) is 17.0. The van der Waals surface area contributed by atoms with Crippen LogP contribution in [0.15, 0.2) is 77.7 Å². The minimum Gasteiger partial charge on any atom is -0.471 e. The van der Waals surface area contributed by atoms with Crippen LogP contribution in [-0.4, -0.2) is 30.5 Å². The van der Waals surface area contributed by atoms with E-state index >= 15 is 0 Å². The molecule has 0 fully saturated rings. The van der Waals surface area contributed by atoms with Crippen LogP contribution in [0.4, 0.5) is 5.69 Å². The van der Waals surface area contributed by atoms with Crippen molar-refractivity contribution >= 4 is 38.6 Å². The summed E-state index contributed by atoms with van der Waals surface area (Å²) >= 11 is 3.40. The van der Waals surface area contributed by atoms with E-state index in [1.54, 1.807) is 28.0 Å². The lowest BCUT2D eigenvalue weighted by Crippen LogP contribution is -2.19. The number of ether oxygens (including phenoxy) is 1. The van der Waals surface area contributed by atoms with Crippen LogP contribution in [0.25, 0.3) is 22.2 Å². The van der Waals surface area contributed by atoms with Crippen molar-refractivity contribution in [1.82, 2.24) is 24.5 Å². The lowest BCUT2D eigenvalue weighted by Gasteiger charge is -2.07. The quantitative estimate of drug-likeness (QED) is 0.306. The highest BCUT2D eigenvalue weighted by Gasteiger charge is 2.16. The molecule has 0 atom stereocenters. The number of rotatable bonds is 7. The van der Waals surface area contributed by atoms with Gasteiger partial charge in [-0.25, -0.2) is 14.3 Å². The Bertz CT molecular complexity index is 1510. The van der Waals surface area contributed by atoms with Gasteiger partial charge in [-0.3, -0.25) is 4.79 Å². The zero-order valence-corrected chi connectivity index (χ0v) is 20.9. The first-order valence-corrected chi connectivity index (χ1v) is 11.9. The number of aryl methyl sites for hydroxylation is 2. The molecule has 0 saturated heterocycles. The van der Waals surface area contributed by atoms with Crippen molar-refractivity contribution in [2.45, 2.75) is 27.1 Å². The molecule has 1 amide bonds. The van der Waals surface area contributed by atoms with Crippen LogP contribution in [0.3, 0.4) is 0 Å². The molecule has 9 heteroatoms. The topological polar surface area (TPSA) is 86.9 Å². The first kappa shape index (κ1) is 22.8. The number of hydrogen-bond donors (Lipinski definition) is 1. The van der Waals surface area contributed by atoms with Gasteiger partial charge in [-0.15, -0.1) is 0 Å².